The molecule has 3 heterocycles. The third-order valence-corrected chi connectivity index (χ3v) is 9.02. The number of esters is 1. The van der Waals surface area contributed by atoms with Crippen LogP contribution >= 0.6 is 0 Å². The number of aromatic nitrogens is 1. The highest BCUT2D eigenvalue weighted by Crippen LogP contribution is 2.60. The fourth-order valence-electron chi connectivity index (χ4n) is 7.20. The molecule has 6 nitrogen and oxygen atoms in total. The van der Waals surface area contributed by atoms with Crippen molar-refractivity contribution in [3.63, 3.8) is 0 Å². The average molecular weight is 507 g/mol. The van der Waals surface area contributed by atoms with E-state index in [0.29, 0.717) is 31.7 Å². The quantitative estimate of drug-likeness (QED) is 0.317. The maximum absolute atomic E-state index is 13.4. The third kappa shape index (κ3) is 3.36. The number of piperidine rings is 1. The monoisotopic (exact) mass is 506 g/mol. The molecule has 0 saturated carbocycles. The van der Waals surface area contributed by atoms with E-state index in [1.807, 2.05) is 24.3 Å². The predicted molar refractivity (Wildman–Crippen MR) is 143 cm³/mol. The Morgan fingerprint density at radius 1 is 1.00 bits per heavy atom. The summed E-state index contributed by atoms with van der Waals surface area (Å²) in [6.07, 6.45) is 1.38. The molecule has 1 aromatic heterocycles. The van der Waals surface area contributed by atoms with Crippen LogP contribution in [0.4, 0.5) is 0 Å². The second-order valence-electron chi connectivity index (χ2n) is 10.8. The number of nitrogens with zero attached hydrogens (tertiary/aromatic N) is 2. The molecule has 3 aromatic carbocycles. The summed E-state index contributed by atoms with van der Waals surface area (Å²) in [5.41, 5.74) is 4.55. The molecule has 0 amide bonds. The first-order valence-corrected chi connectivity index (χ1v) is 13.5. The van der Waals surface area contributed by atoms with Crippen molar-refractivity contribution in [3.8, 4) is 0 Å². The second kappa shape index (κ2) is 8.84. The van der Waals surface area contributed by atoms with Crippen LogP contribution in [0.25, 0.3) is 10.9 Å². The van der Waals surface area contributed by atoms with Crippen LogP contribution < -0.4 is 0 Å². The Labute approximate surface area is 221 Å². The summed E-state index contributed by atoms with van der Waals surface area (Å²) in [4.78, 5) is 32.8. The number of fused-ring (bicyclic) bond motifs is 6. The Kier molecular flexibility index (Phi) is 5.41. The molecule has 4 atom stereocenters. The number of hydroxylamine groups is 2. The fourth-order valence-corrected chi connectivity index (χ4v) is 7.20. The summed E-state index contributed by atoms with van der Waals surface area (Å²) in [6, 6.07) is 27.9. The molecule has 2 saturated heterocycles. The van der Waals surface area contributed by atoms with E-state index in [1.54, 1.807) is 17.2 Å². The van der Waals surface area contributed by atoms with Crippen LogP contribution in [0.1, 0.15) is 58.9 Å². The average Bonchev–Trinajstić information content (AvgIpc) is 3.29. The van der Waals surface area contributed by atoms with Gasteiger partial charge in [-0.05, 0) is 48.1 Å². The predicted octanol–water partition coefficient (Wildman–Crippen LogP) is 5.88. The molecule has 2 aliphatic heterocycles. The fraction of sp³-hybridized carbons (Fsp3) is 0.312. The zero-order valence-corrected chi connectivity index (χ0v) is 21.4. The van der Waals surface area contributed by atoms with Gasteiger partial charge in [-0.3, -0.25) is 4.79 Å². The molecule has 1 aliphatic carbocycles. The maximum atomic E-state index is 13.4. The summed E-state index contributed by atoms with van der Waals surface area (Å²) in [7, 11) is 0. The van der Waals surface area contributed by atoms with Crippen molar-refractivity contribution in [2.45, 2.75) is 38.3 Å². The first-order chi connectivity index (χ1) is 18.6. The topological polar surface area (TPSA) is 60.8 Å². The van der Waals surface area contributed by atoms with Gasteiger partial charge in [0, 0.05) is 29.1 Å². The Bertz CT molecular complexity index is 1530. The number of hydrogen-bond acceptors (Lipinski definition) is 5. The van der Waals surface area contributed by atoms with Gasteiger partial charge in [0.05, 0.1) is 30.2 Å². The normalized spacial score (nSPS) is 26.0. The zero-order valence-electron chi connectivity index (χ0n) is 21.4. The first kappa shape index (κ1) is 23.2. The summed E-state index contributed by atoms with van der Waals surface area (Å²) < 4.78 is 8.31. The minimum absolute atomic E-state index is 0.118. The highest BCUT2D eigenvalue weighted by molar-refractivity contribution is 5.90. The standard InChI is InChI=1S/C32H30N2O4/c1-2-32-20-34(38-30(35)22-13-7-4-8-14-22)27-17-25(32)24(19-37-31(32)36)28-23-15-9-10-16-26(23)33(29(27)28)18-21-11-5-3-6-12-21/h3-16,24-25,27H,2,17-20H2,1H3/t24-,25?,27?,32-/m1/s1. The lowest BCUT2D eigenvalue weighted by atomic mass is 9.57. The molecular formula is C32H30N2O4. The van der Waals surface area contributed by atoms with Gasteiger partial charge in [0.25, 0.3) is 0 Å². The van der Waals surface area contributed by atoms with Crippen LogP contribution in [0.3, 0.4) is 0 Å². The number of rotatable bonds is 5. The van der Waals surface area contributed by atoms with Gasteiger partial charge in [-0.15, -0.1) is 5.06 Å². The number of benzene rings is 3. The van der Waals surface area contributed by atoms with Gasteiger partial charge in [0.15, 0.2) is 0 Å². The molecule has 2 bridgehead atoms. The van der Waals surface area contributed by atoms with Gasteiger partial charge in [0.2, 0.25) is 0 Å². The van der Waals surface area contributed by atoms with Crippen LogP contribution in [0, 0.1) is 11.3 Å². The van der Waals surface area contributed by atoms with E-state index in [-0.39, 0.29) is 23.8 Å². The van der Waals surface area contributed by atoms with Crippen LogP contribution in [0.2, 0.25) is 0 Å². The number of para-hydroxylation sites is 1. The number of carbonyl (C=O) groups excluding carboxylic acids is 2. The van der Waals surface area contributed by atoms with E-state index >= 15 is 0 Å². The SMILES string of the molecule is CC[C@@]12CN(OC(=O)c3ccccc3)C3CC1[C@@H](COC2=O)c1c3n(Cc2ccccc2)c2ccccc12. The van der Waals surface area contributed by atoms with E-state index < -0.39 is 11.4 Å². The lowest BCUT2D eigenvalue weighted by Crippen LogP contribution is -2.61. The van der Waals surface area contributed by atoms with Crippen molar-refractivity contribution >= 4 is 22.8 Å². The number of ether oxygens (including phenoxy) is 1. The van der Waals surface area contributed by atoms with Gasteiger partial charge in [-0.25, -0.2) is 4.79 Å². The summed E-state index contributed by atoms with van der Waals surface area (Å²) >= 11 is 0. The van der Waals surface area contributed by atoms with Gasteiger partial charge >= 0.3 is 11.9 Å². The molecule has 2 fully saturated rings. The molecule has 3 aliphatic rings. The highest BCUT2D eigenvalue weighted by atomic mass is 16.7. The smallest absolute Gasteiger partial charge is 0.357 e. The van der Waals surface area contributed by atoms with Crippen molar-refractivity contribution < 1.29 is 19.2 Å². The minimum atomic E-state index is -0.712. The van der Waals surface area contributed by atoms with Gasteiger partial charge in [0.1, 0.15) is 0 Å². The Balaban J connectivity index is 1.42. The summed E-state index contributed by atoms with van der Waals surface area (Å²) in [5.74, 6) is -0.326. The van der Waals surface area contributed by atoms with E-state index in [4.69, 9.17) is 9.57 Å². The van der Waals surface area contributed by atoms with Crippen molar-refractivity contribution in [1.29, 1.82) is 0 Å². The van der Waals surface area contributed by atoms with Crippen LogP contribution in [-0.4, -0.2) is 34.7 Å². The van der Waals surface area contributed by atoms with Crippen molar-refractivity contribution in [2.24, 2.45) is 11.3 Å². The molecule has 4 aromatic rings. The Hall–Kier alpha value is -3.90. The van der Waals surface area contributed by atoms with Crippen LogP contribution in [-0.2, 0) is 20.9 Å². The molecule has 2 unspecified atom stereocenters. The summed E-state index contributed by atoms with van der Waals surface area (Å²) in [5, 5.41) is 2.98. The van der Waals surface area contributed by atoms with Crippen LogP contribution in [0.15, 0.2) is 84.9 Å². The molecular weight excluding hydrogens is 476 g/mol. The number of carbonyl (C=O) groups is 2. The summed E-state index contributed by atoms with van der Waals surface area (Å²) in [6.45, 7) is 3.49. The second-order valence-corrected chi connectivity index (χ2v) is 10.8. The van der Waals surface area contributed by atoms with Crippen molar-refractivity contribution in [2.75, 3.05) is 13.2 Å². The largest absolute Gasteiger partial charge is 0.465 e. The maximum Gasteiger partial charge on any atom is 0.357 e. The minimum Gasteiger partial charge on any atom is -0.465 e. The lowest BCUT2D eigenvalue weighted by Gasteiger charge is -2.56. The first-order valence-electron chi connectivity index (χ1n) is 13.5. The molecule has 0 N–H and O–H groups in total. The zero-order chi connectivity index (χ0) is 25.9. The van der Waals surface area contributed by atoms with Crippen molar-refractivity contribution in [3.05, 3.63) is 107 Å². The van der Waals surface area contributed by atoms with Crippen LogP contribution in [0.5, 0.6) is 0 Å². The molecule has 6 heteroatoms. The van der Waals surface area contributed by atoms with Gasteiger partial charge in [-0.1, -0.05) is 73.7 Å². The molecule has 0 spiro atoms. The van der Waals surface area contributed by atoms with Gasteiger partial charge in [-0.2, -0.15) is 0 Å². The molecule has 192 valence electrons. The van der Waals surface area contributed by atoms with Gasteiger partial charge < -0.3 is 14.1 Å². The van der Waals surface area contributed by atoms with E-state index in [9.17, 15) is 9.59 Å². The highest BCUT2D eigenvalue weighted by Gasteiger charge is 2.62. The van der Waals surface area contributed by atoms with Crippen molar-refractivity contribution in [1.82, 2.24) is 9.63 Å². The molecule has 38 heavy (non-hydrogen) atoms. The van der Waals surface area contributed by atoms with E-state index in [1.165, 1.54) is 22.2 Å². The molecule has 0 radical (unpaired) electrons. The number of cyclic esters (lactones) is 1. The Morgan fingerprint density at radius 2 is 1.71 bits per heavy atom. The Morgan fingerprint density at radius 3 is 2.47 bits per heavy atom. The lowest BCUT2D eigenvalue weighted by molar-refractivity contribution is -0.228. The number of hydrogen-bond donors (Lipinski definition) is 0. The molecule has 7 rings (SSSR count). The van der Waals surface area contributed by atoms with E-state index in [0.717, 1.165) is 11.9 Å². The third-order valence-electron chi connectivity index (χ3n) is 9.02. The van der Waals surface area contributed by atoms with E-state index in [2.05, 4.69) is 60.0 Å².